The quantitative estimate of drug-likeness (QED) is 0.701. The number of amides is 1. The molecule has 2 saturated carbocycles. The molecule has 0 heterocycles. The predicted octanol–water partition coefficient (Wildman–Crippen LogP) is 4.71. The van der Waals surface area contributed by atoms with Crippen molar-refractivity contribution < 1.29 is 14.7 Å². The first kappa shape index (κ1) is 20.2. The molecule has 1 amide bonds. The number of hydrogen-bond acceptors (Lipinski definition) is 2. The molecule has 0 bridgehead atoms. The van der Waals surface area contributed by atoms with Crippen LogP contribution >= 0.6 is 0 Å². The van der Waals surface area contributed by atoms with E-state index >= 15 is 0 Å². The minimum absolute atomic E-state index is 0.0439. The van der Waals surface area contributed by atoms with Gasteiger partial charge in [0.05, 0.1) is 5.41 Å². The Morgan fingerprint density at radius 1 is 1.30 bits per heavy atom. The van der Waals surface area contributed by atoms with Crippen molar-refractivity contribution >= 4 is 11.9 Å². The second-order valence-electron chi connectivity index (χ2n) is 9.97. The predicted molar refractivity (Wildman–Crippen MR) is 107 cm³/mol. The summed E-state index contributed by atoms with van der Waals surface area (Å²) in [4.78, 5) is 24.3. The van der Waals surface area contributed by atoms with Gasteiger partial charge in [0.15, 0.2) is 0 Å². The number of rotatable bonds is 4. The Labute approximate surface area is 163 Å². The molecule has 0 spiro atoms. The summed E-state index contributed by atoms with van der Waals surface area (Å²) >= 11 is 0. The van der Waals surface area contributed by atoms with Crippen LogP contribution in [-0.4, -0.2) is 23.0 Å². The van der Waals surface area contributed by atoms with Crippen LogP contribution in [0.2, 0.25) is 0 Å². The number of carboxylic acids is 1. The summed E-state index contributed by atoms with van der Waals surface area (Å²) in [6.07, 6.45) is 11.9. The van der Waals surface area contributed by atoms with Gasteiger partial charge in [-0.25, -0.2) is 0 Å². The fourth-order valence-corrected chi connectivity index (χ4v) is 6.31. The van der Waals surface area contributed by atoms with Gasteiger partial charge in [-0.1, -0.05) is 44.9 Å². The van der Waals surface area contributed by atoms with Crippen molar-refractivity contribution in [1.82, 2.24) is 5.32 Å². The van der Waals surface area contributed by atoms with Gasteiger partial charge in [0.1, 0.15) is 6.04 Å². The lowest BCUT2D eigenvalue weighted by molar-refractivity contribution is -0.148. The molecule has 0 aromatic carbocycles. The summed E-state index contributed by atoms with van der Waals surface area (Å²) < 4.78 is 0. The van der Waals surface area contributed by atoms with Crippen molar-refractivity contribution in [2.75, 3.05) is 0 Å². The third-order valence-electron chi connectivity index (χ3n) is 8.06. The number of carbonyl (C=O) groups is 2. The molecule has 2 N–H and O–H groups in total. The molecule has 150 valence electrons. The summed E-state index contributed by atoms with van der Waals surface area (Å²) in [5.74, 6) is -0.200. The van der Waals surface area contributed by atoms with Gasteiger partial charge in [0.2, 0.25) is 5.91 Å². The van der Waals surface area contributed by atoms with Crippen LogP contribution in [0, 0.1) is 28.1 Å². The van der Waals surface area contributed by atoms with E-state index in [9.17, 15) is 14.7 Å². The fourth-order valence-electron chi connectivity index (χ4n) is 6.31. The van der Waals surface area contributed by atoms with Crippen molar-refractivity contribution in [3.8, 4) is 0 Å². The summed E-state index contributed by atoms with van der Waals surface area (Å²) in [6.45, 7) is 12.3. The van der Waals surface area contributed by atoms with E-state index in [1.165, 1.54) is 0 Å². The zero-order chi connectivity index (χ0) is 20.0. The van der Waals surface area contributed by atoms with Crippen molar-refractivity contribution in [2.45, 2.75) is 78.7 Å². The van der Waals surface area contributed by atoms with E-state index in [0.29, 0.717) is 5.92 Å². The average molecular weight is 374 g/mol. The molecule has 6 atom stereocenters. The van der Waals surface area contributed by atoms with Crippen molar-refractivity contribution in [3.05, 3.63) is 24.3 Å². The number of carbonyl (C=O) groups excluding carboxylic acids is 1. The normalized spacial score (nSPS) is 42.1. The Morgan fingerprint density at radius 2 is 2.00 bits per heavy atom. The number of carboxylic acid groups (broad SMARTS) is 1. The smallest absolute Gasteiger partial charge is 0.325 e. The molecule has 0 aromatic rings. The number of nitrogens with one attached hydrogen (secondary N) is 1. The highest BCUT2D eigenvalue weighted by Gasteiger charge is 2.57. The summed E-state index contributed by atoms with van der Waals surface area (Å²) in [5, 5.41) is 12.0. The molecule has 4 heteroatoms. The van der Waals surface area contributed by atoms with Crippen LogP contribution in [0.15, 0.2) is 24.3 Å². The second-order valence-corrected chi connectivity index (χ2v) is 9.97. The highest BCUT2D eigenvalue weighted by atomic mass is 16.4. The first-order valence-corrected chi connectivity index (χ1v) is 10.4. The van der Waals surface area contributed by atoms with Crippen molar-refractivity contribution in [2.24, 2.45) is 28.1 Å². The topological polar surface area (TPSA) is 66.4 Å². The lowest BCUT2D eigenvalue weighted by atomic mass is 9.46. The SMILES string of the molecule is C=C[C@]1(C)CC=C2C(CCC3[C@@](C)(C(=O)N[C@@H](C)C(=O)O)CCC[C@]23C)C1. The Kier molecular flexibility index (Phi) is 5.07. The van der Waals surface area contributed by atoms with Crippen LogP contribution in [0.3, 0.4) is 0 Å². The van der Waals surface area contributed by atoms with Crippen LogP contribution in [-0.2, 0) is 9.59 Å². The molecule has 0 saturated heterocycles. The number of aliphatic carboxylic acids is 1. The van der Waals surface area contributed by atoms with E-state index < -0.39 is 17.4 Å². The Morgan fingerprint density at radius 3 is 2.63 bits per heavy atom. The fraction of sp³-hybridized carbons (Fsp3) is 0.739. The van der Waals surface area contributed by atoms with E-state index in [1.54, 1.807) is 12.5 Å². The second kappa shape index (κ2) is 6.79. The lowest BCUT2D eigenvalue weighted by Crippen LogP contribution is -2.57. The van der Waals surface area contributed by atoms with E-state index in [4.69, 9.17) is 0 Å². The van der Waals surface area contributed by atoms with Gasteiger partial charge >= 0.3 is 5.97 Å². The molecule has 0 aromatic heterocycles. The van der Waals surface area contributed by atoms with Crippen LogP contribution in [0.1, 0.15) is 72.6 Å². The number of fused-ring (bicyclic) bond motifs is 3. The lowest BCUT2D eigenvalue weighted by Gasteiger charge is -2.58. The van der Waals surface area contributed by atoms with E-state index in [0.717, 1.165) is 44.9 Å². The zero-order valence-corrected chi connectivity index (χ0v) is 17.3. The molecule has 3 aliphatic rings. The Balaban J connectivity index is 1.90. The van der Waals surface area contributed by atoms with Crippen LogP contribution in [0.5, 0.6) is 0 Å². The van der Waals surface area contributed by atoms with Crippen LogP contribution in [0.25, 0.3) is 0 Å². The molecular weight excluding hydrogens is 338 g/mol. The summed E-state index contributed by atoms with van der Waals surface area (Å²) in [7, 11) is 0. The zero-order valence-electron chi connectivity index (χ0n) is 17.3. The molecule has 3 rings (SSSR count). The first-order chi connectivity index (χ1) is 12.6. The maximum absolute atomic E-state index is 13.1. The number of hydrogen-bond donors (Lipinski definition) is 2. The molecular formula is C23H35NO3. The molecule has 0 aliphatic heterocycles. The van der Waals surface area contributed by atoms with Gasteiger partial charge in [0.25, 0.3) is 0 Å². The maximum Gasteiger partial charge on any atom is 0.325 e. The molecule has 2 unspecified atom stereocenters. The Hall–Kier alpha value is -1.58. The third kappa shape index (κ3) is 3.25. The summed E-state index contributed by atoms with van der Waals surface area (Å²) in [5.41, 5.74) is 1.29. The summed E-state index contributed by atoms with van der Waals surface area (Å²) in [6, 6.07) is -0.846. The van der Waals surface area contributed by atoms with Crippen molar-refractivity contribution in [3.63, 3.8) is 0 Å². The molecule has 3 aliphatic carbocycles. The molecule has 0 radical (unpaired) electrons. The van der Waals surface area contributed by atoms with Gasteiger partial charge in [-0.2, -0.15) is 0 Å². The largest absolute Gasteiger partial charge is 0.480 e. The van der Waals surface area contributed by atoms with E-state index in [1.807, 2.05) is 0 Å². The maximum atomic E-state index is 13.1. The third-order valence-corrected chi connectivity index (χ3v) is 8.06. The highest BCUT2D eigenvalue weighted by Crippen LogP contribution is 2.63. The van der Waals surface area contributed by atoms with Crippen LogP contribution < -0.4 is 5.32 Å². The minimum atomic E-state index is -0.979. The number of allylic oxidation sites excluding steroid dienone is 3. The average Bonchev–Trinajstić information content (AvgIpc) is 2.61. The molecule has 4 nitrogen and oxygen atoms in total. The standard InChI is InChI=1S/C23H35NO3/c1-6-21(3)13-10-17-16(14-21)8-9-18-22(17,4)11-7-12-23(18,5)20(27)24-15(2)19(25)26/h6,10,15-16,18H,1,7-9,11-14H2,2-5H3,(H,24,27)(H,25,26)/t15-,16?,18?,21+,22+,23-/m0/s1. The van der Waals surface area contributed by atoms with E-state index in [-0.39, 0.29) is 22.7 Å². The van der Waals surface area contributed by atoms with Crippen molar-refractivity contribution in [1.29, 1.82) is 0 Å². The Bertz CT molecular complexity index is 683. The highest BCUT2D eigenvalue weighted by molar-refractivity contribution is 5.87. The van der Waals surface area contributed by atoms with E-state index in [2.05, 4.69) is 44.8 Å². The molecule has 27 heavy (non-hydrogen) atoms. The van der Waals surface area contributed by atoms with Gasteiger partial charge in [-0.05, 0) is 68.1 Å². The molecule has 2 fully saturated rings. The van der Waals surface area contributed by atoms with Crippen LogP contribution in [0.4, 0.5) is 0 Å². The first-order valence-electron chi connectivity index (χ1n) is 10.4. The monoisotopic (exact) mass is 373 g/mol. The van der Waals surface area contributed by atoms with Gasteiger partial charge < -0.3 is 10.4 Å². The van der Waals surface area contributed by atoms with Gasteiger partial charge in [0, 0.05) is 0 Å². The van der Waals surface area contributed by atoms with Gasteiger partial charge in [-0.3, -0.25) is 9.59 Å². The van der Waals surface area contributed by atoms with Gasteiger partial charge in [-0.15, -0.1) is 6.58 Å². The minimum Gasteiger partial charge on any atom is -0.480 e.